The first-order chi connectivity index (χ1) is 15.1. The highest BCUT2D eigenvalue weighted by atomic mass is 32.2. The summed E-state index contributed by atoms with van der Waals surface area (Å²) in [6.07, 6.45) is 4.73. The SMILES string of the molecule is CC(=O)Nc1sc2c(c1C1Nc3cnccc3S1)CCN(C(C)CN1CCOCC1)C2. The summed E-state index contributed by atoms with van der Waals surface area (Å²) in [5.74, 6) is -0.0143. The van der Waals surface area contributed by atoms with Crippen LogP contribution in [0.15, 0.2) is 23.4 Å². The summed E-state index contributed by atoms with van der Waals surface area (Å²) in [7, 11) is 0. The van der Waals surface area contributed by atoms with Crippen LogP contribution in [0.1, 0.15) is 35.2 Å². The molecule has 5 rings (SSSR count). The van der Waals surface area contributed by atoms with E-state index >= 15 is 0 Å². The maximum Gasteiger partial charge on any atom is 0.221 e. The van der Waals surface area contributed by atoms with Gasteiger partial charge in [0.15, 0.2) is 0 Å². The van der Waals surface area contributed by atoms with Crippen molar-refractivity contribution in [2.24, 2.45) is 0 Å². The number of morpholine rings is 1. The van der Waals surface area contributed by atoms with Crippen molar-refractivity contribution in [1.29, 1.82) is 0 Å². The minimum absolute atomic E-state index is 0.0143. The fourth-order valence-corrected chi connectivity index (χ4v) is 7.28. The van der Waals surface area contributed by atoms with Gasteiger partial charge in [0.05, 0.1) is 25.1 Å². The van der Waals surface area contributed by atoms with Crippen molar-refractivity contribution in [3.05, 3.63) is 34.5 Å². The standard InChI is InChI=1S/C22H29N5O2S2/c1-14(12-26-7-9-29-10-8-26)27-6-4-16-19(13-27)31-21(24-15(2)28)20(16)22-25-17-11-23-5-3-18(17)30-22/h3,5,11,14,22,25H,4,6-10,12-13H2,1-2H3,(H,24,28). The van der Waals surface area contributed by atoms with Gasteiger partial charge < -0.3 is 15.4 Å². The molecule has 1 amide bonds. The third-order valence-corrected chi connectivity index (χ3v) is 8.59. The molecule has 3 aliphatic rings. The zero-order valence-electron chi connectivity index (χ0n) is 18.0. The molecule has 0 aromatic carbocycles. The lowest BCUT2D eigenvalue weighted by molar-refractivity contribution is -0.114. The molecular formula is C22H29N5O2S2. The van der Waals surface area contributed by atoms with E-state index in [0.717, 1.165) is 63.0 Å². The molecule has 0 bridgehead atoms. The van der Waals surface area contributed by atoms with Crippen molar-refractivity contribution in [3.8, 4) is 0 Å². The monoisotopic (exact) mass is 459 g/mol. The summed E-state index contributed by atoms with van der Waals surface area (Å²) in [4.78, 5) is 23.9. The molecule has 2 aromatic rings. The molecule has 0 saturated carbocycles. The molecule has 166 valence electrons. The lowest BCUT2D eigenvalue weighted by Crippen LogP contribution is -2.47. The fraction of sp³-hybridized carbons (Fsp3) is 0.545. The van der Waals surface area contributed by atoms with Gasteiger partial charge in [0.2, 0.25) is 5.91 Å². The minimum atomic E-state index is -0.0143. The number of rotatable bonds is 5. The summed E-state index contributed by atoms with van der Waals surface area (Å²) in [6.45, 7) is 10.7. The predicted octanol–water partition coefficient (Wildman–Crippen LogP) is 3.40. The number of amides is 1. The lowest BCUT2D eigenvalue weighted by atomic mass is 10.0. The average molecular weight is 460 g/mol. The summed E-state index contributed by atoms with van der Waals surface area (Å²) in [5.41, 5.74) is 3.73. The number of nitrogens with one attached hydrogen (secondary N) is 2. The molecule has 9 heteroatoms. The number of thioether (sulfide) groups is 1. The Morgan fingerprint density at radius 2 is 2.23 bits per heavy atom. The smallest absolute Gasteiger partial charge is 0.221 e. The highest BCUT2D eigenvalue weighted by Crippen LogP contribution is 2.52. The molecule has 0 aliphatic carbocycles. The largest absolute Gasteiger partial charge is 0.379 e. The zero-order chi connectivity index (χ0) is 21.4. The van der Waals surface area contributed by atoms with Crippen LogP contribution in [0.3, 0.4) is 0 Å². The van der Waals surface area contributed by atoms with Gasteiger partial charge in [-0.25, -0.2) is 0 Å². The maximum atomic E-state index is 11.9. The van der Waals surface area contributed by atoms with Crippen molar-refractivity contribution < 1.29 is 9.53 Å². The molecule has 0 radical (unpaired) electrons. The Kier molecular flexibility index (Phi) is 6.21. The summed E-state index contributed by atoms with van der Waals surface area (Å²) < 4.78 is 5.49. The van der Waals surface area contributed by atoms with Crippen LogP contribution in [0.4, 0.5) is 10.7 Å². The number of carbonyl (C=O) groups excluding carboxylic acids is 1. The van der Waals surface area contributed by atoms with E-state index in [0.29, 0.717) is 6.04 Å². The number of anilines is 2. The summed E-state index contributed by atoms with van der Waals surface area (Å²) >= 11 is 3.56. The van der Waals surface area contributed by atoms with Crippen LogP contribution in [0.2, 0.25) is 0 Å². The van der Waals surface area contributed by atoms with E-state index in [1.165, 1.54) is 20.9 Å². The van der Waals surface area contributed by atoms with E-state index in [2.05, 4.69) is 38.4 Å². The van der Waals surface area contributed by atoms with Gasteiger partial charge >= 0.3 is 0 Å². The molecule has 2 N–H and O–H groups in total. The van der Waals surface area contributed by atoms with Gasteiger partial charge in [0, 0.05) is 67.2 Å². The van der Waals surface area contributed by atoms with E-state index < -0.39 is 0 Å². The number of carbonyl (C=O) groups is 1. The molecule has 5 heterocycles. The molecule has 7 nitrogen and oxygen atoms in total. The minimum Gasteiger partial charge on any atom is -0.379 e. The third-order valence-electron chi connectivity index (χ3n) is 6.24. The molecular weight excluding hydrogens is 430 g/mol. The molecule has 31 heavy (non-hydrogen) atoms. The topological polar surface area (TPSA) is 69.7 Å². The Morgan fingerprint density at radius 3 is 3.00 bits per heavy atom. The van der Waals surface area contributed by atoms with E-state index in [1.807, 2.05) is 24.2 Å². The normalized spacial score (nSPS) is 22.5. The van der Waals surface area contributed by atoms with Crippen molar-refractivity contribution in [2.45, 2.75) is 43.1 Å². The van der Waals surface area contributed by atoms with E-state index in [-0.39, 0.29) is 11.3 Å². The highest BCUT2D eigenvalue weighted by molar-refractivity contribution is 8.00. The van der Waals surface area contributed by atoms with Crippen LogP contribution < -0.4 is 10.6 Å². The van der Waals surface area contributed by atoms with Crippen LogP contribution in [0.5, 0.6) is 0 Å². The number of hydrogen-bond acceptors (Lipinski definition) is 8. The van der Waals surface area contributed by atoms with E-state index in [4.69, 9.17) is 4.74 Å². The molecule has 2 unspecified atom stereocenters. The van der Waals surface area contributed by atoms with Crippen molar-refractivity contribution in [1.82, 2.24) is 14.8 Å². The molecule has 2 aromatic heterocycles. The van der Waals surface area contributed by atoms with Gasteiger partial charge in [-0.3, -0.25) is 19.6 Å². The number of aromatic nitrogens is 1. The van der Waals surface area contributed by atoms with Gasteiger partial charge in [-0.1, -0.05) is 11.8 Å². The van der Waals surface area contributed by atoms with E-state index in [1.54, 1.807) is 18.3 Å². The number of fused-ring (bicyclic) bond motifs is 2. The number of nitrogens with zero attached hydrogens (tertiary/aromatic N) is 3. The summed E-state index contributed by atoms with van der Waals surface area (Å²) in [5, 5.41) is 7.83. The number of thiophene rings is 1. The Labute approximate surface area is 191 Å². The summed E-state index contributed by atoms with van der Waals surface area (Å²) in [6, 6.07) is 2.55. The maximum absolute atomic E-state index is 11.9. The lowest BCUT2D eigenvalue weighted by Gasteiger charge is -2.37. The average Bonchev–Trinajstić information content (AvgIpc) is 3.33. The van der Waals surface area contributed by atoms with Gasteiger partial charge in [0.25, 0.3) is 0 Å². The van der Waals surface area contributed by atoms with Gasteiger partial charge in [-0.2, -0.15) is 0 Å². The molecule has 3 aliphatic heterocycles. The number of hydrogen-bond donors (Lipinski definition) is 2. The Bertz CT molecular complexity index is 934. The molecule has 2 atom stereocenters. The molecule has 0 spiro atoms. The van der Waals surface area contributed by atoms with Crippen LogP contribution in [-0.4, -0.2) is 66.1 Å². The Hall–Kier alpha value is -1.65. The van der Waals surface area contributed by atoms with Crippen LogP contribution in [0.25, 0.3) is 0 Å². The fourth-order valence-electron chi connectivity index (χ4n) is 4.65. The zero-order valence-corrected chi connectivity index (χ0v) is 19.7. The second-order valence-electron chi connectivity index (χ2n) is 8.42. The third kappa shape index (κ3) is 4.47. The Morgan fingerprint density at radius 1 is 1.39 bits per heavy atom. The van der Waals surface area contributed by atoms with Crippen LogP contribution in [-0.2, 0) is 22.5 Å². The van der Waals surface area contributed by atoms with Crippen molar-refractivity contribution in [2.75, 3.05) is 50.0 Å². The van der Waals surface area contributed by atoms with Gasteiger partial charge in [-0.05, 0) is 25.0 Å². The first kappa shape index (κ1) is 21.2. The van der Waals surface area contributed by atoms with Crippen molar-refractivity contribution >= 4 is 39.7 Å². The number of ether oxygens (including phenoxy) is 1. The van der Waals surface area contributed by atoms with Crippen LogP contribution >= 0.6 is 23.1 Å². The highest BCUT2D eigenvalue weighted by Gasteiger charge is 2.34. The first-order valence-electron chi connectivity index (χ1n) is 10.9. The second-order valence-corrected chi connectivity index (χ2v) is 10.7. The molecule has 1 fully saturated rings. The van der Waals surface area contributed by atoms with E-state index in [9.17, 15) is 4.79 Å². The second kappa shape index (κ2) is 9.07. The first-order valence-corrected chi connectivity index (χ1v) is 12.6. The Balaban J connectivity index is 1.36. The quantitative estimate of drug-likeness (QED) is 0.710. The van der Waals surface area contributed by atoms with Crippen LogP contribution in [0, 0.1) is 0 Å². The predicted molar refractivity (Wildman–Crippen MR) is 126 cm³/mol. The van der Waals surface area contributed by atoms with Gasteiger partial charge in [0.1, 0.15) is 10.4 Å². The molecule has 1 saturated heterocycles. The number of pyridine rings is 1. The van der Waals surface area contributed by atoms with Crippen molar-refractivity contribution in [3.63, 3.8) is 0 Å². The van der Waals surface area contributed by atoms with Gasteiger partial charge in [-0.15, -0.1) is 11.3 Å².